The fourth-order valence-corrected chi connectivity index (χ4v) is 5.87. The molecule has 1 aliphatic heterocycles. The van der Waals surface area contributed by atoms with Gasteiger partial charge in [0.1, 0.15) is 5.54 Å². The third kappa shape index (κ3) is 4.36. The van der Waals surface area contributed by atoms with Crippen molar-refractivity contribution in [2.45, 2.75) is 28.8 Å². The van der Waals surface area contributed by atoms with Crippen molar-refractivity contribution in [2.24, 2.45) is 0 Å². The Kier molecular flexibility index (Phi) is 6.03. The van der Waals surface area contributed by atoms with Gasteiger partial charge in [-0.15, -0.1) is 0 Å². The summed E-state index contributed by atoms with van der Waals surface area (Å²) < 4.78 is 62.2. The number of anilines is 1. The van der Waals surface area contributed by atoms with Crippen LogP contribution in [0.3, 0.4) is 0 Å². The van der Waals surface area contributed by atoms with Crippen LogP contribution in [0.1, 0.15) is 11.1 Å². The van der Waals surface area contributed by atoms with Gasteiger partial charge in [-0.25, -0.2) is 18.1 Å². The standard InChI is InChI=1S/C25H18F3N3O4S2/c26-25(27,28)37(34,35)19-7-5-18(6-8-19)31-22(32)24(30-23(31)33,13-16-10-12-36-15-16)14-17-9-11-29-21-4-2-1-3-20(17)21/h1-12,15H,13-14H2,(H,30,33). The number of halogens is 3. The number of aromatic nitrogens is 1. The number of nitrogens with one attached hydrogen (secondary N) is 1. The van der Waals surface area contributed by atoms with Crippen molar-refractivity contribution in [1.29, 1.82) is 0 Å². The third-order valence-electron chi connectivity index (χ3n) is 6.19. The molecule has 12 heteroatoms. The Labute approximate surface area is 213 Å². The second-order valence-corrected chi connectivity index (χ2v) is 11.3. The number of nitrogens with zero attached hydrogens (tertiary/aromatic N) is 2. The highest BCUT2D eigenvalue weighted by Gasteiger charge is 2.52. The molecule has 0 aliphatic carbocycles. The Morgan fingerprint density at radius 2 is 1.70 bits per heavy atom. The smallest absolute Gasteiger partial charge is 0.322 e. The van der Waals surface area contributed by atoms with E-state index in [-0.39, 0.29) is 18.5 Å². The maximum absolute atomic E-state index is 13.9. The Balaban J connectivity index is 1.54. The molecule has 2 aromatic carbocycles. The number of carbonyl (C=O) groups is 2. The zero-order valence-corrected chi connectivity index (χ0v) is 20.5. The first kappa shape index (κ1) is 24.9. The van der Waals surface area contributed by atoms with Crippen LogP contribution in [-0.4, -0.2) is 36.4 Å². The summed E-state index contributed by atoms with van der Waals surface area (Å²) in [6, 6.07) is 13.7. The molecule has 3 amide bonds. The number of amides is 3. The minimum Gasteiger partial charge on any atom is -0.322 e. The van der Waals surface area contributed by atoms with Crippen molar-refractivity contribution in [3.8, 4) is 0 Å². The van der Waals surface area contributed by atoms with Gasteiger partial charge in [0.2, 0.25) is 0 Å². The molecule has 37 heavy (non-hydrogen) atoms. The summed E-state index contributed by atoms with van der Waals surface area (Å²) in [5.41, 5.74) is -4.58. The normalized spacial score (nSPS) is 18.4. The number of hydrogen-bond acceptors (Lipinski definition) is 6. The summed E-state index contributed by atoms with van der Waals surface area (Å²) in [5.74, 6) is -0.601. The van der Waals surface area contributed by atoms with Crippen molar-refractivity contribution >= 4 is 49.7 Å². The van der Waals surface area contributed by atoms with Crippen molar-refractivity contribution in [2.75, 3.05) is 4.90 Å². The highest BCUT2D eigenvalue weighted by molar-refractivity contribution is 7.92. The second-order valence-electron chi connectivity index (χ2n) is 8.57. The molecule has 0 bridgehead atoms. The van der Waals surface area contributed by atoms with Crippen LogP contribution in [0.5, 0.6) is 0 Å². The van der Waals surface area contributed by atoms with Gasteiger partial charge in [-0.3, -0.25) is 9.78 Å². The quantitative estimate of drug-likeness (QED) is 0.349. The van der Waals surface area contributed by atoms with Gasteiger partial charge in [0.05, 0.1) is 16.1 Å². The predicted octanol–water partition coefficient (Wildman–Crippen LogP) is 4.87. The van der Waals surface area contributed by atoms with E-state index >= 15 is 0 Å². The fraction of sp³-hybridized carbons (Fsp3) is 0.160. The number of imide groups is 1. The number of thiophene rings is 1. The van der Waals surface area contributed by atoms with E-state index < -0.39 is 37.7 Å². The molecule has 1 saturated heterocycles. The number of hydrogen-bond donors (Lipinski definition) is 1. The maximum atomic E-state index is 13.9. The van der Waals surface area contributed by atoms with Crippen LogP contribution in [0.2, 0.25) is 0 Å². The van der Waals surface area contributed by atoms with E-state index in [9.17, 15) is 31.2 Å². The average molecular weight is 546 g/mol. The van der Waals surface area contributed by atoms with Gasteiger partial charge in [-0.05, 0) is 64.4 Å². The van der Waals surface area contributed by atoms with Crippen molar-refractivity contribution in [3.63, 3.8) is 0 Å². The molecule has 1 fully saturated rings. The van der Waals surface area contributed by atoms with Gasteiger partial charge >= 0.3 is 11.5 Å². The third-order valence-corrected chi connectivity index (χ3v) is 8.42. The van der Waals surface area contributed by atoms with Crippen LogP contribution >= 0.6 is 11.3 Å². The topological polar surface area (TPSA) is 96.4 Å². The van der Waals surface area contributed by atoms with E-state index in [4.69, 9.17) is 0 Å². The Morgan fingerprint density at radius 3 is 2.38 bits per heavy atom. The van der Waals surface area contributed by atoms with E-state index in [2.05, 4.69) is 10.3 Å². The summed E-state index contributed by atoms with van der Waals surface area (Å²) in [4.78, 5) is 31.2. The molecule has 5 rings (SSSR count). The molecule has 7 nitrogen and oxygen atoms in total. The molecule has 0 radical (unpaired) electrons. The number of alkyl halides is 3. The number of sulfone groups is 1. The van der Waals surface area contributed by atoms with Gasteiger partial charge in [-0.2, -0.15) is 24.5 Å². The highest BCUT2D eigenvalue weighted by atomic mass is 32.2. The van der Waals surface area contributed by atoms with Crippen molar-refractivity contribution < 1.29 is 31.2 Å². The SMILES string of the molecule is O=C1NC(Cc2ccsc2)(Cc2ccnc3ccccc23)C(=O)N1c1ccc(S(=O)(=O)C(F)(F)F)cc1. The molecule has 2 aromatic heterocycles. The molecular formula is C25H18F3N3O4S2. The van der Waals surface area contributed by atoms with Gasteiger partial charge in [-0.1, -0.05) is 18.2 Å². The molecule has 1 N–H and O–H groups in total. The van der Waals surface area contributed by atoms with Crippen LogP contribution in [-0.2, 0) is 27.5 Å². The van der Waals surface area contributed by atoms with Crippen LogP contribution in [0.25, 0.3) is 10.9 Å². The number of fused-ring (bicyclic) bond motifs is 1. The molecule has 1 atom stereocenters. The first-order chi connectivity index (χ1) is 17.5. The van der Waals surface area contributed by atoms with Crippen LogP contribution in [0.4, 0.5) is 23.7 Å². The summed E-state index contributed by atoms with van der Waals surface area (Å²) in [6.45, 7) is 0. The number of carbonyl (C=O) groups excluding carboxylic acids is 2. The average Bonchev–Trinajstić information content (AvgIpc) is 3.44. The highest BCUT2D eigenvalue weighted by Crippen LogP contribution is 2.35. The molecule has 3 heterocycles. The summed E-state index contributed by atoms with van der Waals surface area (Å²) >= 11 is 1.44. The van der Waals surface area contributed by atoms with Crippen molar-refractivity contribution in [1.82, 2.24) is 10.3 Å². The van der Waals surface area contributed by atoms with Crippen LogP contribution in [0, 0.1) is 0 Å². The summed E-state index contributed by atoms with van der Waals surface area (Å²) in [5, 5.41) is 7.34. The lowest BCUT2D eigenvalue weighted by Gasteiger charge is -2.27. The molecule has 1 unspecified atom stereocenters. The van der Waals surface area contributed by atoms with E-state index in [0.29, 0.717) is 0 Å². The first-order valence-electron chi connectivity index (χ1n) is 10.9. The Morgan fingerprint density at radius 1 is 0.973 bits per heavy atom. The zero-order chi connectivity index (χ0) is 26.4. The number of benzene rings is 2. The van der Waals surface area contributed by atoms with Gasteiger partial charge in [0.15, 0.2) is 0 Å². The van der Waals surface area contributed by atoms with Gasteiger partial charge in [0.25, 0.3) is 15.7 Å². The number of rotatable bonds is 6. The summed E-state index contributed by atoms with van der Waals surface area (Å²) in [6.07, 6.45) is 1.93. The molecule has 190 valence electrons. The number of urea groups is 1. The maximum Gasteiger partial charge on any atom is 0.501 e. The van der Waals surface area contributed by atoms with E-state index in [1.54, 1.807) is 12.3 Å². The minimum atomic E-state index is -5.57. The Hall–Kier alpha value is -3.77. The minimum absolute atomic E-state index is 0.0459. The number of para-hydroxylation sites is 1. The molecule has 4 aromatic rings. The number of pyridine rings is 1. The summed E-state index contributed by atoms with van der Waals surface area (Å²) in [7, 11) is -5.57. The molecule has 0 saturated carbocycles. The van der Waals surface area contributed by atoms with Crippen LogP contribution in [0.15, 0.2) is 82.5 Å². The monoisotopic (exact) mass is 545 g/mol. The second kappa shape index (κ2) is 8.96. The predicted molar refractivity (Wildman–Crippen MR) is 132 cm³/mol. The van der Waals surface area contributed by atoms with Gasteiger partial charge in [0, 0.05) is 24.4 Å². The van der Waals surface area contributed by atoms with Gasteiger partial charge < -0.3 is 5.32 Å². The lowest BCUT2D eigenvalue weighted by atomic mass is 9.84. The first-order valence-corrected chi connectivity index (χ1v) is 13.4. The largest absolute Gasteiger partial charge is 0.501 e. The molecule has 0 spiro atoms. The van der Waals surface area contributed by atoms with E-state index in [1.807, 2.05) is 41.1 Å². The molecule has 1 aliphatic rings. The zero-order valence-electron chi connectivity index (χ0n) is 18.9. The van der Waals surface area contributed by atoms with E-state index in [0.717, 1.165) is 51.2 Å². The van der Waals surface area contributed by atoms with E-state index in [1.165, 1.54) is 11.3 Å². The fourth-order valence-electron chi connectivity index (χ4n) is 4.44. The van der Waals surface area contributed by atoms with Crippen LogP contribution < -0.4 is 10.2 Å². The lowest BCUT2D eigenvalue weighted by molar-refractivity contribution is -0.122. The lowest BCUT2D eigenvalue weighted by Crippen LogP contribution is -2.51. The Bertz CT molecular complexity index is 1600. The van der Waals surface area contributed by atoms with Crippen molar-refractivity contribution in [3.05, 3.63) is 88.7 Å². The molecular weight excluding hydrogens is 527 g/mol.